The Hall–Kier alpha value is -1.77. The zero-order chi connectivity index (χ0) is 15.6. The van der Waals surface area contributed by atoms with Gasteiger partial charge in [-0.2, -0.15) is 13.2 Å². The maximum absolute atomic E-state index is 12.5. The third kappa shape index (κ3) is 3.46. The fourth-order valence-electron chi connectivity index (χ4n) is 2.32. The summed E-state index contributed by atoms with van der Waals surface area (Å²) in [5.74, 6) is -1.19. The second-order valence-corrected chi connectivity index (χ2v) is 4.83. The molecular formula is C12H15F3N2O4. The molecule has 0 aromatic carbocycles. The fourth-order valence-corrected chi connectivity index (χ4v) is 2.32. The van der Waals surface area contributed by atoms with Gasteiger partial charge in [0, 0.05) is 25.2 Å². The van der Waals surface area contributed by atoms with E-state index in [1.807, 2.05) is 0 Å². The summed E-state index contributed by atoms with van der Waals surface area (Å²) in [6, 6.07) is -1.66. The van der Waals surface area contributed by atoms with Crippen molar-refractivity contribution in [3.63, 3.8) is 0 Å². The Bertz CT molecular complexity index is 464. The van der Waals surface area contributed by atoms with Gasteiger partial charge in [-0.1, -0.05) is 6.08 Å². The summed E-state index contributed by atoms with van der Waals surface area (Å²) in [6.45, 7) is -0.0288. The van der Waals surface area contributed by atoms with Crippen LogP contribution in [-0.2, 0) is 9.53 Å². The number of alkyl halides is 3. The molecule has 0 spiro atoms. The van der Waals surface area contributed by atoms with Crippen molar-refractivity contribution in [3.05, 3.63) is 11.6 Å². The molecule has 2 aliphatic heterocycles. The first kappa shape index (κ1) is 15.6. The van der Waals surface area contributed by atoms with Crippen LogP contribution in [0.2, 0.25) is 0 Å². The number of nitrogens with zero attached hydrogens (tertiary/aromatic N) is 2. The van der Waals surface area contributed by atoms with E-state index in [0.717, 1.165) is 11.0 Å². The van der Waals surface area contributed by atoms with Crippen LogP contribution in [0.1, 0.15) is 6.42 Å². The molecule has 2 rings (SSSR count). The number of rotatable bonds is 1. The highest BCUT2D eigenvalue weighted by Crippen LogP contribution is 2.30. The average Bonchev–Trinajstić information content (AvgIpc) is 2.45. The van der Waals surface area contributed by atoms with Crippen molar-refractivity contribution in [2.75, 3.05) is 32.8 Å². The monoisotopic (exact) mass is 308 g/mol. The van der Waals surface area contributed by atoms with Gasteiger partial charge in [0.1, 0.15) is 0 Å². The lowest BCUT2D eigenvalue weighted by Crippen LogP contribution is -2.57. The van der Waals surface area contributed by atoms with Crippen molar-refractivity contribution < 1.29 is 32.6 Å². The summed E-state index contributed by atoms with van der Waals surface area (Å²) in [5, 5.41) is 9.05. The smallest absolute Gasteiger partial charge is 0.412 e. The maximum atomic E-state index is 12.5. The van der Waals surface area contributed by atoms with Crippen LogP contribution >= 0.6 is 0 Å². The van der Waals surface area contributed by atoms with E-state index in [4.69, 9.17) is 9.84 Å². The van der Waals surface area contributed by atoms with E-state index in [0.29, 0.717) is 0 Å². The third-order valence-corrected chi connectivity index (χ3v) is 3.50. The molecule has 9 heteroatoms. The molecule has 1 N–H and O–H groups in total. The predicted molar refractivity (Wildman–Crippen MR) is 64.7 cm³/mol. The number of hydrogen-bond donors (Lipinski definition) is 1. The Kier molecular flexibility index (Phi) is 4.40. The van der Waals surface area contributed by atoms with Crippen LogP contribution in [0.15, 0.2) is 11.6 Å². The quantitative estimate of drug-likeness (QED) is 0.736. The van der Waals surface area contributed by atoms with Crippen LogP contribution < -0.4 is 0 Å². The van der Waals surface area contributed by atoms with Crippen LogP contribution in [0.5, 0.6) is 0 Å². The number of amides is 2. The summed E-state index contributed by atoms with van der Waals surface area (Å²) < 4.78 is 42.6. The van der Waals surface area contributed by atoms with E-state index < -0.39 is 29.8 Å². The Morgan fingerprint density at radius 1 is 1.33 bits per heavy atom. The predicted octanol–water partition coefficient (Wildman–Crippen LogP) is 1.09. The molecule has 6 nitrogen and oxygen atoms in total. The highest BCUT2D eigenvalue weighted by Gasteiger charge is 2.38. The van der Waals surface area contributed by atoms with Gasteiger partial charge in [0.15, 0.2) is 6.04 Å². The van der Waals surface area contributed by atoms with E-state index in [2.05, 4.69) is 0 Å². The van der Waals surface area contributed by atoms with Crippen LogP contribution in [0, 0.1) is 0 Å². The Labute approximate surface area is 118 Å². The molecular weight excluding hydrogens is 293 g/mol. The Balaban J connectivity index is 2.04. The summed E-state index contributed by atoms with van der Waals surface area (Å²) in [7, 11) is 0. The van der Waals surface area contributed by atoms with Crippen molar-refractivity contribution in [1.29, 1.82) is 0 Å². The number of urea groups is 1. The summed E-state index contributed by atoms with van der Waals surface area (Å²) >= 11 is 0. The molecule has 0 aromatic rings. The van der Waals surface area contributed by atoms with Gasteiger partial charge in [0.25, 0.3) is 0 Å². The van der Waals surface area contributed by atoms with Gasteiger partial charge in [-0.15, -0.1) is 0 Å². The largest absolute Gasteiger partial charge is 0.480 e. The van der Waals surface area contributed by atoms with Gasteiger partial charge >= 0.3 is 18.2 Å². The number of carboxylic acids is 1. The minimum Gasteiger partial charge on any atom is -0.480 e. The van der Waals surface area contributed by atoms with Crippen molar-refractivity contribution >= 4 is 12.0 Å². The molecule has 0 radical (unpaired) electrons. The van der Waals surface area contributed by atoms with E-state index in [9.17, 15) is 22.8 Å². The zero-order valence-electron chi connectivity index (χ0n) is 11.1. The first-order valence-electron chi connectivity index (χ1n) is 6.43. The van der Waals surface area contributed by atoms with Gasteiger partial charge < -0.3 is 19.6 Å². The molecule has 2 heterocycles. The number of carboxylic acid groups (broad SMARTS) is 1. The summed E-state index contributed by atoms with van der Waals surface area (Å²) in [4.78, 5) is 25.7. The lowest BCUT2D eigenvalue weighted by atomic mass is 10.1. The van der Waals surface area contributed by atoms with Crippen LogP contribution in [-0.4, -0.2) is 72.0 Å². The maximum Gasteiger partial charge on any atom is 0.412 e. The highest BCUT2D eigenvalue weighted by molar-refractivity contribution is 5.83. The fraction of sp³-hybridized carbons (Fsp3) is 0.667. The van der Waals surface area contributed by atoms with Gasteiger partial charge in [0.05, 0.1) is 13.2 Å². The summed E-state index contributed by atoms with van der Waals surface area (Å²) in [5.41, 5.74) is -0.650. The van der Waals surface area contributed by atoms with Gasteiger partial charge in [-0.25, -0.2) is 9.59 Å². The molecule has 1 atom stereocenters. The molecule has 2 aliphatic rings. The minimum atomic E-state index is -4.38. The van der Waals surface area contributed by atoms with Crippen LogP contribution in [0.3, 0.4) is 0 Å². The molecule has 1 unspecified atom stereocenters. The topological polar surface area (TPSA) is 70.1 Å². The van der Waals surface area contributed by atoms with E-state index in [1.54, 1.807) is 0 Å². The first-order valence-corrected chi connectivity index (χ1v) is 6.43. The van der Waals surface area contributed by atoms with Crippen LogP contribution in [0.25, 0.3) is 0 Å². The molecule has 21 heavy (non-hydrogen) atoms. The third-order valence-electron chi connectivity index (χ3n) is 3.50. The number of carbonyl (C=O) groups excluding carboxylic acids is 1. The molecule has 0 bridgehead atoms. The van der Waals surface area contributed by atoms with Gasteiger partial charge in [0.2, 0.25) is 0 Å². The summed E-state index contributed by atoms with van der Waals surface area (Å²) in [6.07, 6.45) is -3.69. The second-order valence-electron chi connectivity index (χ2n) is 4.83. The number of morpholine rings is 1. The lowest BCUT2D eigenvalue weighted by molar-refractivity contribution is -0.147. The molecule has 1 saturated heterocycles. The van der Waals surface area contributed by atoms with E-state index in [1.165, 1.54) is 4.90 Å². The number of halogens is 3. The molecule has 0 aromatic heterocycles. The molecule has 2 amide bonds. The highest BCUT2D eigenvalue weighted by atomic mass is 19.4. The number of carbonyl (C=O) groups is 2. The van der Waals surface area contributed by atoms with Crippen molar-refractivity contribution in [2.24, 2.45) is 0 Å². The molecule has 1 fully saturated rings. The number of aliphatic carboxylic acids is 1. The van der Waals surface area contributed by atoms with Crippen molar-refractivity contribution in [1.82, 2.24) is 9.80 Å². The number of hydrogen-bond acceptors (Lipinski definition) is 3. The molecule has 0 saturated carbocycles. The standard InChI is InChI=1S/C12H15F3N2O4/c13-12(14,15)8-1-3-16(4-2-8)11(20)17-5-6-21-7-9(17)10(18)19/h1,9H,2-7H2,(H,18,19). The second kappa shape index (κ2) is 5.92. The van der Waals surface area contributed by atoms with Crippen LogP contribution in [0.4, 0.5) is 18.0 Å². The minimum absolute atomic E-state index is 0.0755. The average molecular weight is 308 g/mol. The molecule has 118 valence electrons. The van der Waals surface area contributed by atoms with E-state index in [-0.39, 0.29) is 39.3 Å². The molecule has 0 aliphatic carbocycles. The first-order chi connectivity index (χ1) is 9.80. The lowest BCUT2D eigenvalue weighted by Gasteiger charge is -2.37. The Morgan fingerprint density at radius 2 is 2.05 bits per heavy atom. The Morgan fingerprint density at radius 3 is 2.57 bits per heavy atom. The van der Waals surface area contributed by atoms with Crippen molar-refractivity contribution in [2.45, 2.75) is 18.6 Å². The van der Waals surface area contributed by atoms with Crippen molar-refractivity contribution in [3.8, 4) is 0 Å². The SMILES string of the molecule is O=C(O)C1COCCN1C(=O)N1CC=C(C(F)(F)F)CC1. The van der Waals surface area contributed by atoms with E-state index >= 15 is 0 Å². The van der Waals surface area contributed by atoms with Gasteiger partial charge in [-0.05, 0) is 6.42 Å². The number of ether oxygens (including phenoxy) is 1. The zero-order valence-corrected chi connectivity index (χ0v) is 11.1. The van der Waals surface area contributed by atoms with Gasteiger partial charge in [-0.3, -0.25) is 0 Å². The normalized spacial score (nSPS) is 23.8.